The van der Waals surface area contributed by atoms with Crippen LogP contribution in [0.5, 0.6) is 11.5 Å². The third-order valence-corrected chi connectivity index (χ3v) is 5.17. The molecule has 4 aromatic rings. The molecule has 4 rings (SSSR count). The number of rotatable bonds is 8. The maximum Gasteiger partial charge on any atom is 0.255 e. The van der Waals surface area contributed by atoms with E-state index in [9.17, 15) is 4.79 Å². The smallest absolute Gasteiger partial charge is 0.255 e. The van der Waals surface area contributed by atoms with Crippen molar-refractivity contribution in [2.45, 2.75) is 13.1 Å². The third kappa shape index (κ3) is 4.98. The summed E-state index contributed by atoms with van der Waals surface area (Å²) in [6.07, 6.45) is 1.80. The molecular weight excluding hydrogens is 402 g/mol. The second-order valence-electron chi connectivity index (χ2n) is 7.33. The van der Waals surface area contributed by atoms with E-state index in [4.69, 9.17) is 14.6 Å². The summed E-state index contributed by atoms with van der Waals surface area (Å²) in [5.74, 6) is 1.36. The van der Waals surface area contributed by atoms with Crippen molar-refractivity contribution >= 4 is 5.91 Å². The lowest BCUT2D eigenvalue weighted by molar-refractivity contribution is 0.0951. The molecule has 0 saturated heterocycles. The van der Waals surface area contributed by atoms with Crippen LogP contribution in [-0.2, 0) is 13.1 Å². The lowest BCUT2D eigenvalue weighted by Crippen LogP contribution is -2.23. The van der Waals surface area contributed by atoms with Gasteiger partial charge in [0.1, 0.15) is 17.2 Å². The fraction of sp³-hybridized carbons (Fsp3) is 0.154. The van der Waals surface area contributed by atoms with Gasteiger partial charge in [-0.2, -0.15) is 5.10 Å². The number of carbonyl (C=O) groups excluding carboxylic acids is 1. The summed E-state index contributed by atoms with van der Waals surface area (Å²) in [6, 6.07) is 25.2. The molecule has 0 aliphatic carbocycles. The lowest BCUT2D eigenvalue weighted by Gasteiger charge is -2.07. The number of aromatic nitrogens is 2. The molecule has 1 amide bonds. The third-order valence-electron chi connectivity index (χ3n) is 5.17. The van der Waals surface area contributed by atoms with E-state index in [0.29, 0.717) is 24.3 Å². The number of ether oxygens (including phenoxy) is 2. The van der Waals surface area contributed by atoms with Gasteiger partial charge in [0.05, 0.1) is 26.3 Å². The van der Waals surface area contributed by atoms with E-state index in [2.05, 4.69) is 5.32 Å². The van der Waals surface area contributed by atoms with Crippen LogP contribution in [-0.4, -0.2) is 29.9 Å². The zero-order valence-corrected chi connectivity index (χ0v) is 18.1. The first-order valence-corrected chi connectivity index (χ1v) is 10.3. The molecule has 1 heterocycles. The Balaban J connectivity index is 1.59. The molecule has 6 heteroatoms. The van der Waals surface area contributed by atoms with Crippen molar-refractivity contribution in [3.05, 3.63) is 102 Å². The average Bonchev–Trinajstić information content (AvgIpc) is 3.27. The van der Waals surface area contributed by atoms with Crippen LogP contribution in [0.15, 0.2) is 85.1 Å². The first-order valence-electron chi connectivity index (χ1n) is 10.3. The van der Waals surface area contributed by atoms with Crippen LogP contribution in [0.1, 0.15) is 21.5 Å². The van der Waals surface area contributed by atoms with Gasteiger partial charge in [-0.25, -0.2) is 0 Å². The average molecular weight is 428 g/mol. The largest absolute Gasteiger partial charge is 0.497 e. The molecule has 0 spiro atoms. The number of nitrogens with one attached hydrogen (secondary N) is 1. The predicted octanol–water partition coefficient (Wildman–Crippen LogP) is 4.55. The van der Waals surface area contributed by atoms with Gasteiger partial charge in [0.15, 0.2) is 0 Å². The van der Waals surface area contributed by atoms with Crippen molar-refractivity contribution in [1.82, 2.24) is 15.1 Å². The Hall–Kier alpha value is -4.06. The topological polar surface area (TPSA) is 65.4 Å². The molecular formula is C26H25N3O3. The summed E-state index contributed by atoms with van der Waals surface area (Å²) in [7, 11) is 3.26. The number of hydrogen-bond acceptors (Lipinski definition) is 4. The second-order valence-corrected chi connectivity index (χ2v) is 7.33. The van der Waals surface area contributed by atoms with Gasteiger partial charge in [0.25, 0.3) is 5.91 Å². The zero-order chi connectivity index (χ0) is 22.3. The number of carbonyl (C=O) groups is 1. The summed E-state index contributed by atoms with van der Waals surface area (Å²) >= 11 is 0. The molecule has 0 aliphatic rings. The Morgan fingerprint density at radius 2 is 1.47 bits per heavy atom. The molecule has 0 aliphatic heterocycles. The molecule has 0 unspecified atom stereocenters. The van der Waals surface area contributed by atoms with Gasteiger partial charge in [-0.15, -0.1) is 0 Å². The van der Waals surface area contributed by atoms with Crippen LogP contribution >= 0.6 is 0 Å². The van der Waals surface area contributed by atoms with E-state index in [1.165, 1.54) is 0 Å². The minimum absolute atomic E-state index is 0.175. The van der Waals surface area contributed by atoms with Gasteiger partial charge in [-0.05, 0) is 47.5 Å². The summed E-state index contributed by atoms with van der Waals surface area (Å²) in [5, 5.41) is 7.73. The molecule has 162 valence electrons. The highest BCUT2D eigenvalue weighted by Gasteiger charge is 2.18. The van der Waals surface area contributed by atoms with E-state index < -0.39 is 0 Å². The highest BCUT2D eigenvalue weighted by molar-refractivity contribution is 5.99. The van der Waals surface area contributed by atoms with Crippen LogP contribution in [0, 0.1) is 0 Å². The zero-order valence-electron chi connectivity index (χ0n) is 18.1. The highest BCUT2D eigenvalue weighted by atomic mass is 16.5. The van der Waals surface area contributed by atoms with Crippen molar-refractivity contribution in [2.75, 3.05) is 14.2 Å². The number of benzene rings is 3. The molecule has 3 aromatic carbocycles. The summed E-state index contributed by atoms with van der Waals surface area (Å²) in [6.45, 7) is 0.991. The monoisotopic (exact) mass is 427 g/mol. The van der Waals surface area contributed by atoms with E-state index in [1.54, 1.807) is 25.1 Å². The molecule has 32 heavy (non-hydrogen) atoms. The first-order chi connectivity index (χ1) is 15.7. The Bertz CT molecular complexity index is 1170. The predicted molar refractivity (Wildman–Crippen MR) is 124 cm³/mol. The fourth-order valence-electron chi connectivity index (χ4n) is 3.42. The maximum atomic E-state index is 13.1. The van der Waals surface area contributed by atoms with E-state index in [0.717, 1.165) is 28.2 Å². The van der Waals surface area contributed by atoms with Gasteiger partial charge in [0, 0.05) is 18.3 Å². The number of methoxy groups -OCH3 is 2. The van der Waals surface area contributed by atoms with Gasteiger partial charge in [0.2, 0.25) is 0 Å². The van der Waals surface area contributed by atoms with Crippen LogP contribution in [0.2, 0.25) is 0 Å². The minimum Gasteiger partial charge on any atom is -0.497 e. The number of amides is 1. The van der Waals surface area contributed by atoms with E-state index in [-0.39, 0.29) is 5.91 Å². The van der Waals surface area contributed by atoms with Crippen LogP contribution in [0.25, 0.3) is 11.3 Å². The molecule has 6 nitrogen and oxygen atoms in total. The van der Waals surface area contributed by atoms with Gasteiger partial charge in [-0.3, -0.25) is 9.48 Å². The van der Waals surface area contributed by atoms with Crippen molar-refractivity contribution in [3.8, 4) is 22.8 Å². The molecule has 1 aromatic heterocycles. The molecule has 0 saturated carbocycles. The Morgan fingerprint density at radius 3 is 2.09 bits per heavy atom. The van der Waals surface area contributed by atoms with Gasteiger partial charge >= 0.3 is 0 Å². The quantitative estimate of drug-likeness (QED) is 0.448. The minimum atomic E-state index is -0.175. The standard InChI is InChI=1S/C26H25N3O3/c1-31-22-12-8-19(9-13-22)16-27-26(30)24-18-29(17-20-6-4-3-5-7-20)28-25(24)21-10-14-23(32-2)15-11-21/h3-15,18H,16-17H2,1-2H3,(H,27,30). The first kappa shape index (κ1) is 21.2. The van der Waals surface area contributed by atoms with E-state index in [1.807, 2.05) is 78.9 Å². The van der Waals surface area contributed by atoms with Crippen molar-refractivity contribution < 1.29 is 14.3 Å². The Kier molecular flexibility index (Phi) is 6.51. The SMILES string of the molecule is COc1ccc(CNC(=O)c2cn(Cc3ccccc3)nc2-c2ccc(OC)cc2)cc1. The fourth-order valence-corrected chi connectivity index (χ4v) is 3.42. The van der Waals surface area contributed by atoms with Crippen molar-refractivity contribution in [2.24, 2.45) is 0 Å². The lowest BCUT2D eigenvalue weighted by atomic mass is 10.1. The maximum absolute atomic E-state index is 13.1. The number of nitrogens with zero attached hydrogens (tertiary/aromatic N) is 2. The molecule has 0 fully saturated rings. The van der Waals surface area contributed by atoms with Crippen molar-refractivity contribution in [3.63, 3.8) is 0 Å². The normalized spacial score (nSPS) is 10.6. The van der Waals surface area contributed by atoms with Crippen LogP contribution < -0.4 is 14.8 Å². The van der Waals surface area contributed by atoms with Crippen LogP contribution in [0.3, 0.4) is 0 Å². The second kappa shape index (κ2) is 9.83. The molecule has 0 bridgehead atoms. The van der Waals surface area contributed by atoms with Gasteiger partial charge in [-0.1, -0.05) is 42.5 Å². The molecule has 0 radical (unpaired) electrons. The van der Waals surface area contributed by atoms with Crippen molar-refractivity contribution in [1.29, 1.82) is 0 Å². The Labute approximate surface area is 187 Å². The summed E-state index contributed by atoms with van der Waals surface area (Å²) in [4.78, 5) is 13.1. The molecule has 1 N–H and O–H groups in total. The van der Waals surface area contributed by atoms with Crippen LogP contribution in [0.4, 0.5) is 0 Å². The Morgan fingerprint density at radius 1 is 0.844 bits per heavy atom. The number of hydrogen-bond donors (Lipinski definition) is 1. The summed E-state index contributed by atoms with van der Waals surface area (Å²) in [5.41, 5.74) is 4.12. The van der Waals surface area contributed by atoms with Gasteiger partial charge < -0.3 is 14.8 Å². The highest BCUT2D eigenvalue weighted by Crippen LogP contribution is 2.25. The molecule has 0 atom stereocenters. The summed E-state index contributed by atoms with van der Waals surface area (Å²) < 4.78 is 12.2. The van der Waals surface area contributed by atoms with E-state index >= 15 is 0 Å².